The van der Waals surface area contributed by atoms with Gasteiger partial charge in [0, 0.05) is 11.6 Å². The number of pyridine rings is 1. The molecule has 0 aliphatic heterocycles. The molecule has 0 spiro atoms. The summed E-state index contributed by atoms with van der Waals surface area (Å²) in [6.45, 7) is 0. The van der Waals surface area contributed by atoms with Gasteiger partial charge in [0.25, 0.3) is 6.43 Å². The number of aromatic nitrogens is 1. The average Bonchev–Trinajstić information content (AvgIpc) is 2.36. The summed E-state index contributed by atoms with van der Waals surface area (Å²) in [5.74, 6) is -1.39. The van der Waals surface area contributed by atoms with E-state index < -0.39 is 47.7 Å². The summed E-state index contributed by atoms with van der Waals surface area (Å²) in [6, 6.07) is 0.462. The molecular weight excluding hydrogens is 289 g/mol. The number of ether oxygens (including phenoxy) is 2. The molecule has 0 unspecified atom stereocenters. The summed E-state index contributed by atoms with van der Waals surface area (Å²) in [5.41, 5.74) is -3.09. The highest BCUT2D eigenvalue weighted by atomic mass is 19.4. The molecule has 1 aromatic rings. The van der Waals surface area contributed by atoms with Crippen LogP contribution in [0.4, 0.5) is 22.0 Å². The Morgan fingerprint density at radius 1 is 1.35 bits per heavy atom. The zero-order valence-electron chi connectivity index (χ0n) is 10.4. The van der Waals surface area contributed by atoms with Gasteiger partial charge in [-0.3, -0.25) is 4.79 Å². The molecule has 0 aliphatic carbocycles. The van der Waals surface area contributed by atoms with Crippen LogP contribution in [0, 0.1) is 0 Å². The van der Waals surface area contributed by atoms with Crippen molar-refractivity contribution in [1.82, 2.24) is 4.98 Å². The minimum absolute atomic E-state index is 0.428. The number of alkyl halides is 5. The molecule has 112 valence electrons. The second-order valence-corrected chi connectivity index (χ2v) is 3.62. The van der Waals surface area contributed by atoms with E-state index in [1.54, 1.807) is 0 Å². The number of hydrogen-bond donors (Lipinski definition) is 0. The number of halogens is 5. The molecule has 1 aromatic heterocycles. The third-order valence-corrected chi connectivity index (χ3v) is 2.38. The third kappa shape index (κ3) is 3.55. The van der Waals surface area contributed by atoms with Crippen molar-refractivity contribution in [3.05, 3.63) is 23.0 Å². The van der Waals surface area contributed by atoms with E-state index in [-0.39, 0.29) is 0 Å². The van der Waals surface area contributed by atoms with E-state index in [1.807, 2.05) is 0 Å². The van der Waals surface area contributed by atoms with Gasteiger partial charge in [0.15, 0.2) is 0 Å². The molecule has 0 saturated heterocycles. The van der Waals surface area contributed by atoms with Crippen molar-refractivity contribution in [2.45, 2.75) is 19.0 Å². The van der Waals surface area contributed by atoms with E-state index in [4.69, 9.17) is 0 Å². The van der Waals surface area contributed by atoms with E-state index in [0.717, 1.165) is 14.2 Å². The van der Waals surface area contributed by atoms with E-state index >= 15 is 0 Å². The number of methoxy groups -OCH3 is 2. The summed E-state index contributed by atoms with van der Waals surface area (Å²) in [4.78, 5) is 14.0. The van der Waals surface area contributed by atoms with Crippen molar-refractivity contribution in [2.24, 2.45) is 0 Å². The van der Waals surface area contributed by atoms with Gasteiger partial charge in [-0.05, 0) is 0 Å². The van der Waals surface area contributed by atoms with Crippen molar-refractivity contribution in [2.75, 3.05) is 14.2 Å². The van der Waals surface area contributed by atoms with Gasteiger partial charge in [-0.1, -0.05) is 0 Å². The standard InChI is InChI=1S/C11H10F5NO3/c1-19-6-4-7(11(14,15)16)17-9(10(12)13)5(6)3-8(18)20-2/h4,10H,3H2,1-2H3. The maximum absolute atomic E-state index is 12.8. The van der Waals surface area contributed by atoms with Crippen LogP contribution < -0.4 is 4.74 Å². The molecular formula is C11H10F5NO3. The average molecular weight is 299 g/mol. The number of carbonyl (C=O) groups is 1. The van der Waals surface area contributed by atoms with Gasteiger partial charge in [-0.25, -0.2) is 13.8 Å². The SMILES string of the molecule is COC(=O)Cc1c(OC)cc(C(F)(F)F)nc1C(F)F. The van der Waals surface area contributed by atoms with E-state index in [0.29, 0.717) is 6.07 Å². The molecule has 1 heterocycles. The second kappa shape index (κ2) is 6.02. The first-order valence-electron chi connectivity index (χ1n) is 5.20. The van der Waals surface area contributed by atoms with Gasteiger partial charge in [0.2, 0.25) is 0 Å². The van der Waals surface area contributed by atoms with Crippen LogP contribution in [0.15, 0.2) is 6.07 Å². The lowest BCUT2D eigenvalue weighted by Crippen LogP contribution is -2.15. The molecule has 0 aliphatic rings. The predicted octanol–water partition coefficient (Wildman–Crippen LogP) is 2.76. The highest BCUT2D eigenvalue weighted by Gasteiger charge is 2.36. The highest BCUT2D eigenvalue weighted by molar-refractivity contribution is 5.74. The summed E-state index contributed by atoms with van der Waals surface area (Å²) in [5, 5.41) is 0. The zero-order valence-corrected chi connectivity index (χ0v) is 10.4. The van der Waals surface area contributed by atoms with Gasteiger partial charge in [0.1, 0.15) is 17.1 Å². The zero-order chi connectivity index (χ0) is 15.5. The van der Waals surface area contributed by atoms with Crippen LogP contribution in [-0.2, 0) is 22.1 Å². The fourth-order valence-electron chi connectivity index (χ4n) is 1.47. The summed E-state index contributed by atoms with van der Waals surface area (Å²) >= 11 is 0. The Balaban J connectivity index is 3.44. The highest BCUT2D eigenvalue weighted by Crippen LogP contribution is 2.36. The van der Waals surface area contributed by atoms with Gasteiger partial charge in [-0.2, -0.15) is 13.2 Å². The lowest BCUT2D eigenvalue weighted by atomic mass is 10.1. The Labute approximate surface area is 110 Å². The number of nitrogens with zero attached hydrogens (tertiary/aromatic N) is 1. The first-order valence-corrected chi connectivity index (χ1v) is 5.20. The molecule has 1 rings (SSSR count). The van der Waals surface area contributed by atoms with Crippen molar-refractivity contribution in [3.63, 3.8) is 0 Å². The van der Waals surface area contributed by atoms with Crippen LogP contribution in [0.3, 0.4) is 0 Å². The summed E-state index contributed by atoms with van der Waals surface area (Å²) in [6.07, 6.45) is -8.85. The quantitative estimate of drug-likeness (QED) is 0.633. The molecule has 0 aromatic carbocycles. The fourth-order valence-corrected chi connectivity index (χ4v) is 1.47. The number of carbonyl (C=O) groups excluding carboxylic acids is 1. The van der Waals surface area contributed by atoms with Crippen LogP contribution in [0.2, 0.25) is 0 Å². The van der Waals surface area contributed by atoms with E-state index in [9.17, 15) is 26.7 Å². The van der Waals surface area contributed by atoms with Crippen molar-refractivity contribution >= 4 is 5.97 Å². The van der Waals surface area contributed by atoms with Gasteiger partial charge >= 0.3 is 12.1 Å². The summed E-state index contributed by atoms with van der Waals surface area (Å²) < 4.78 is 72.3. The van der Waals surface area contributed by atoms with Crippen LogP contribution >= 0.6 is 0 Å². The number of rotatable bonds is 4. The first kappa shape index (κ1) is 16.1. The molecule has 20 heavy (non-hydrogen) atoms. The van der Waals surface area contributed by atoms with Gasteiger partial charge in [-0.15, -0.1) is 0 Å². The minimum Gasteiger partial charge on any atom is -0.496 e. The normalized spacial score (nSPS) is 11.6. The number of esters is 1. The first-order chi connectivity index (χ1) is 9.20. The largest absolute Gasteiger partial charge is 0.496 e. The Bertz CT molecular complexity index is 502. The molecule has 0 radical (unpaired) electrons. The molecule has 0 N–H and O–H groups in total. The monoisotopic (exact) mass is 299 g/mol. The fraction of sp³-hybridized carbons (Fsp3) is 0.455. The van der Waals surface area contributed by atoms with Crippen LogP contribution in [0.1, 0.15) is 23.4 Å². The molecule has 9 heteroatoms. The molecule has 0 atom stereocenters. The van der Waals surface area contributed by atoms with Gasteiger partial charge < -0.3 is 9.47 Å². The van der Waals surface area contributed by atoms with Crippen LogP contribution in [0.5, 0.6) is 5.75 Å². The smallest absolute Gasteiger partial charge is 0.433 e. The van der Waals surface area contributed by atoms with Crippen molar-refractivity contribution < 1.29 is 36.2 Å². The molecule has 0 bridgehead atoms. The second-order valence-electron chi connectivity index (χ2n) is 3.62. The predicted molar refractivity (Wildman–Crippen MR) is 56.5 cm³/mol. The Kier molecular flexibility index (Phi) is 4.85. The van der Waals surface area contributed by atoms with Crippen molar-refractivity contribution in [3.8, 4) is 5.75 Å². The molecule has 0 fully saturated rings. The summed E-state index contributed by atoms with van der Waals surface area (Å²) in [7, 11) is 2.03. The molecule has 4 nitrogen and oxygen atoms in total. The van der Waals surface area contributed by atoms with Crippen LogP contribution in [0.25, 0.3) is 0 Å². The Hall–Kier alpha value is -1.93. The van der Waals surface area contributed by atoms with Crippen LogP contribution in [-0.4, -0.2) is 25.2 Å². The maximum Gasteiger partial charge on any atom is 0.433 e. The lowest BCUT2D eigenvalue weighted by Gasteiger charge is -2.15. The molecule has 0 saturated carbocycles. The Morgan fingerprint density at radius 3 is 2.35 bits per heavy atom. The molecule has 0 amide bonds. The topological polar surface area (TPSA) is 48.4 Å². The Morgan fingerprint density at radius 2 is 1.95 bits per heavy atom. The van der Waals surface area contributed by atoms with E-state index in [2.05, 4.69) is 14.5 Å². The lowest BCUT2D eigenvalue weighted by molar-refractivity contribution is -0.141. The maximum atomic E-state index is 12.8. The third-order valence-electron chi connectivity index (χ3n) is 2.38. The van der Waals surface area contributed by atoms with Gasteiger partial charge in [0.05, 0.1) is 20.6 Å². The van der Waals surface area contributed by atoms with Crippen molar-refractivity contribution in [1.29, 1.82) is 0 Å². The van der Waals surface area contributed by atoms with E-state index in [1.165, 1.54) is 0 Å². The number of hydrogen-bond acceptors (Lipinski definition) is 4. The minimum atomic E-state index is -4.90.